The first kappa shape index (κ1) is 20.3. The maximum Gasteiger partial charge on any atom is 0.276 e. The quantitative estimate of drug-likeness (QED) is 0.791. The van der Waals surface area contributed by atoms with E-state index in [-0.39, 0.29) is 23.5 Å². The predicted octanol–water partition coefficient (Wildman–Crippen LogP) is 2.57. The molecule has 2 heterocycles. The van der Waals surface area contributed by atoms with E-state index in [1.165, 1.54) is 0 Å². The fourth-order valence-electron chi connectivity index (χ4n) is 5.13. The van der Waals surface area contributed by atoms with Crippen LogP contribution >= 0.6 is 0 Å². The summed E-state index contributed by atoms with van der Waals surface area (Å²) in [6, 6.07) is 0.530. The average molecular weight is 378 g/mol. The lowest BCUT2D eigenvalue weighted by molar-refractivity contribution is -0.159. The van der Waals surface area contributed by atoms with Crippen LogP contribution in [0.3, 0.4) is 0 Å². The summed E-state index contributed by atoms with van der Waals surface area (Å²) in [6.45, 7) is 11.1. The molecule has 2 unspecified atom stereocenters. The van der Waals surface area contributed by atoms with Gasteiger partial charge in [0.1, 0.15) is 0 Å². The standard InChI is InChI=1S/C20H35N5O2/c1-6-20(7-2)16(13-17(20)27-8-3)24(5)19(26)18-14(4)25(23-22-18)15-9-11-21-12-10-15/h15-17,21H,6-13H2,1-5H3. The second-order valence-electron chi connectivity index (χ2n) is 8.00. The van der Waals surface area contributed by atoms with Gasteiger partial charge in [-0.1, -0.05) is 19.1 Å². The Bertz CT molecular complexity index is 649. The van der Waals surface area contributed by atoms with Crippen molar-refractivity contribution < 1.29 is 9.53 Å². The Labute approximate surface area is 162 Å². The zero-order valence-corrected chi connectivity index (χ0v) is 17.5. The lowest BCUT2D eigenvalue weighted by Crippen LogP contribution is -2.64. The molecular weight excluding hydrogens is 342 g/mol. The summed E-state index contributed by atoms with van der Waals surface area (Å²) >= 11 is 0. The second-order valence-corrected chi connectivity index (χ2v) is 8.00. The number of rotatable bonds is 7. The molecule has 2 fully saturated rings. The Hall–Kier alpha value is -1.47. The number of ether oxygens (including phenoxy) is 1. The third kappa shape index (κ3) is 3.40. The van der Waals surface area contributed by atoms with Gasteiger partial charge >= 0.3 is 0 Å². The summed E-state index contributed by atoms with van der Waals surface area (Å²) in [7, 11) is 1.91. The van der Waals surface area contributed by atoms with Crippen LogP contribution in [-0.4, -0.2) is 64.7 Å². The highest BCUT2D eigenvalue weighted by atomic mass is 16.5. The van der Waals surface area contributed by atoms with Crippen LogP contribution in [0.15, 0.2) is 0 Å². The van der Waals surface area contributed by atoms with Gasteiger partial charge in [-0.25, -0.2) is 4.68 Å². The number of hydrogen-bond acceptors (Lipinski definition) is 5. The van der Waals surface area contributed by atoms with E-state index in [9.17, 15) is 4.79 Å². The van der Waals surface area contributed by atoms with Gasteiger partial charge in [0.15, 0.2) is 5.69 Å². The maximum atomic E-state index is 13.2. The van der Waals surface area contributed by atoms with E-state index in [0.717, 1.165) is 57.5 Å². The first-order valence-corrected chi connectivity index (χ1v) is 10.5. The molecule has 0 bridgehead atoms. The minimum absolute atomic E-state index is 0.0149. The zero-order chi connectivity index (χ0) is 19.6. The van der Waals surface area contributed by atoms with Crippen LogP contribution in [0.5, 0.6) is 0 Å². The average Bonchev–Trinajstić information content (AvgIpc) is 3.07. The molecule has 27 heavy (non-hydrogen) atoms. The third-order valence-corrected chi connectivity index (χ3v) is 7.00. The normalized spacial score (nSPS) is 25.2. The van der Waals surface area contributed by atoms with E-state index in [1.54, 1.807) is 0 Å². The highest BCUT2D eigenvalue weighted by molar-refractivity contribution is 5.93. The number of carbonyl (C=O) groups excluding carboxylic acids is 1. The molecule has 2 aliphatic rings. The number of nitrogens with one attached hydrogen (secondary N) is 1. The Balaban J connectivity index is 1.77. The minimum Gasteiger partial charge on any atom is -0.378 e. The Kier molecular flexibility index (Phi) is 6.21. The molecule has 3 rings (SSSR count). The van der Waals surface area contributed by atoms with Gasteiger partial charge in [-0.3, -0.25) is 4.79 Å². The van der Waals surface area contributed by atoms with Crippen LogP contribution in [0.2, 0.25) is 0 Å². The first-order chi connectivity index (χ1) is 13.0. The van der Waals surface area contributed by atoms with Crippen molar-refractivity contribution in [3.05, 3.63) is 11.4 Å². The Morgan fingerprint density at radius 2 is 1.96 bits per heavy atom. The molecule has 2 atom stereocenters. The van der Waals surface area contributed by atoms with Crippen LogP contribution in [0.1, 0.15) is 75.1 Å². The van der Waals surface area contributed by atoms with Gasteiger partial charge in [0, 0.05) is 25.1 Å². The molecule has 0 aromatic carbocycles. The Morgan fingerprint density at radius 1 is 1.30 bits per heavy atom. The molecule has 0 radical (unpaired) electrons. The highest BCUT2D eigenvalue weighted by Gasteiger charge is 2.56. The molecule has 152 valence electrons. The van der Waals surface area contributed by atoms with Crippen molar-refractivity contribution in [2.24, 2.45) is 5.41 Å². The van der Waals surface area contributed by atoms with Gasteiger partial charge in [0.2, 0.25) is 0 Å². The van der Waals surface area contributed by atoms with Crippen LogP contribution in [-0.2, 0) is 4.74 Å². The fourth-order valence-corrected chi connectivity index (χ4v) is 5.13. The number of amides is 1. The van der Waals surface area contributed by atoms with E-state index in [1.807, 2.05) is 30.5 Å². The van der Waals surface area contributed by atoms with Gasteiger partial charge in [0.25, 0.3) is 5.91 Å². The fraction of sp³-hybridized carbons (Fsp3) is 0.850. The smallest absolute Gasteiger partial charge is 0.276 e. The summed E-state index contributed by atoms with van der Waals surface area (Å²) < 4.78 is 7.93. The summed E-state index contributed by atoms with van der Waals surface area (Å²) in [4.78, 5) is 15.1. The van der Waals surface area contributed by atoms with Gasteiger partial charge in [-0.05, 0) is 59.0 Å². The molecule has 1 aromatic rings. The van der Waals surface area contributed by atoms with Crippen molar-refractivity contribution in [1.29, 1.82) is 0 Å². The zero-order valence-electron chi connectivity index (χ0n) is 17.5. The lowest BCUT2D eigenvalue weighted by atomic mass is 9.58. The monoisotopic (exact) mass is 377 g/mol. The van der Waals surface area contributed by atoms with Gasteiger partial charge in [-0.15, -0.1) is 5.10 Å². The van der Waals surface area contributed by atoms with E-state index in [0.29, 0.717) is 11.7 Å². The molecule has 7 heteroatoms. The van der Waals surface area contributed by atoms with Gasteiger partial charge < -0.3 is 15.0 Å². The number of carbonyl (C=O) groups is 1. The van der Waals surface area contributed by atoms with Crippen molar-refractivity contribution in [2.45, 2.75) is 78.0 Å². The predicted molar refractivity (Wildman–Crippen MR) is 105 cm³/mol. The SMILES string of the molecule is CCOC1CC(N(C)C(=O)c2nnn(C3CCNCC3)c2C)C1(CC)CC. The number of piperidine rings is 1. The number of hydrogen-bond donors (Lipinski definition) is 1. The molecule has 1 aromatic heterocycles. The second kappa shape index (κ2) is 8.27. The van der Waals surface area contributed by atoms with E-state index in [4.69, 9.17) is 4.74 Å². The number of aromatic nitrogens is 3. The molecule has 1 aliphatic carbocycles. The lowest BCUT2D eigenvalue weighted by Gasteiger charge is -2.58. The van der Waals surface area contributed by atoms with Gasteiger partial charge in [0.05, 0.1) is 17.8 Å². The largest absolute Gasteiger partial charge is 0.378 e. The minimum atomic E-state index is -0.0149. The first-order valence-electron chi connectivity index (χ1n) is 10.5. The van der Waals surface area contributed by atoms with Crippen molar-refractivity contribution >= 4 is 5.91 Å². The van der Waals surface area contributed by atoms with Crippen molar-refractivity contribution in [3.63, 3.8) is 0 Å². The van der Waals surface area contributed by atoms with E-state index >= 15 is 0 Å². The molecule has 1 N–H and O–H groups in total. The molecule has 0 spiro atoms. The summed E-state index contributed by atoms with van der Waals surface area (Å²) in [5.74, 6) is -0.0149. The summed E-state index contributed by atoms with van der Waals surface area (Å²) in [5.41, 5.74) is 1.43. The van der Waals surface area contributed by atoms with Crippen LogP contribution in [0, 0.1) is 12.3 Å². The van der Waals surface area contributed by atoms with Crippen LogP contribution in [0.4, 0.5) is 0 Å². The van der Waals surface area contributed by atoms with E-state index in [2.05, 4.69) is 29.5 Å². The van der Waals surface area contributed by atoms with Crippen molar-refractivity contribution in [1.82, 2.24) is 25.2 Å². The summed E-state index contributed by atoms with van der Waals surface area (Å²) in [6.07, 6.45) is 5.22. The molecule has 1 aliphatic heterocycles. The highest BCUT2D eigenvalue weighted by Crippen LogP contribution is 2.51. The van der Waals surface area contributed by atoms with Crippen molar-refractivity contribution in [2.75, 3.05) is 26.7 Å². The topological polar surface area (TPSA) is 72.3 Å². The van der Waals surface area contributed by atoms with Crippen LogP contribution in [0.25, 0.3) is 0 Å². The third-order valence-electron chi connectivity index (χ3n) is 7.00. The van der Waals surface area contributed by atoms with Gasteiger partial charge in [-0.2, -0.15) is 0 Å². The maximum absolute atomic E-state index is 13.2. The molecule has 1 saturated heterocycles. The summed E-state index contributed by atoms with van der Waals surface area (Å²) in [5, 5.41) is 12.0. The van der Waals surface area contributed by atoms with Crippen LogP contribution < -0.4 is 5.32 Å². The molecule has 1 amide bonds. The Morgan fingerprint density at radius 3 is 2.56 bits per heavy atom. The molecular formula is C20H35N5O2. The van der Waals surface area contributed by atoms with E-state index < -0.39 is 0 Å². The van der Waals surface area contributed by atoms with Crippen molar-refractivity contribution in [3.8, 4) is 0 Å². The molecule has 7 nitrogen and oxygen atoms in total. The number of nitrogens with zero attached hydrogens (tertiary/aromatic N) is 4. The molecule has 1 saturated carbocycles.